The molecular weight excluding hydrogens is 474 g/mol. The number of benzene rings is 3. The number of nitrogens with zero attached hydrogens (tertiary/aromatic N) is 4. The molecule has 0 aliphatic carbocycles. The van der Waals surface area contributed by atoms with Gasteiger partial charge in [-0.2, -0.15) is 0 Å². The van der Waals surface area contributed by atoms with Gasteiger partial charge in [-0.1, -0.05) is 59.8 Å². The predicted octanol–water partition coefficient (Wildman–Crippen LogP) is 4.25. The maximum Gasteiger partial charge on any atom is 0.269 e. The number of nitro benzene ring substituents is 1. The number of hydrogen-bond donors (Lipinski definition) is 1. The number of non-ortho nitro benzene ring substituents is 1. The number of nitrogens with one attached hydrogen (secondary N) is 1. The van der Waals surface area contributed by atoms with E-state index >= 15 is 0 Å². The number of aromatic nitrogens is 3. The Morgan fingerprint density at radius 1 is 1.00 bits per heavy atom. The molecule has 4 aromatic rings. The molecule has 0 saturated heterocycles. The first-order chi connectivity index (χ1) is 16.3. The second-order valence-corrected chi connectivity index (χ2v) is 10.1. The molecule has 0 fully saturated rings. The van der Waals surface area contributed by atoms with Crippen molar-refractivity contribution in [1.29, 1.82) is 0 Å². The second-order valence-electron chi connectivity index (χ2n) is 7.42. The summed E-state index contributed by atoms with van der Waals surface area (Å²) < 4.78 is 29.6. The molecule has 0 bridgehead atoms. The van der Waals surface area contributed by atoms with Crippen LogP contribution in [0.15, 0.2) is 88.9 Å². The van der Waals surface area contributed by atoms with Crippen molar-refractivity contribution in [3.05, 3.63) is 106 Å². The van der Waals surface area contributed by atoms with Gasteiger partial charge >= 0.3 is 0 Å². The van der Waals surface area contributed by atoms with Gasteiger partial charge in [-0.15, -0.1) is 10.2 Å². The van der Waals surface area contributed by atoms with E-state index in [9.17, 15) is 18.5 Å². The van der Waals surface area contributed by atoms with Crippen LogP contribution in [0.2, 0.25) is 0 Å². The topological polar surface area (TPSA) is 120 Å². The SMILES string of the molecule is Cc1cccc(CSc2nnc(CNS(=O)(=O)c3ccccc3)n2-c2ccc([N+](=O)[O-])cc2)c1. The van der Waals surface area contributed by atoms with Crippen LogP contribution in [0.1, 0.15) is 17.0 Å². The minimum atomic E-state index is -3.75. The Labute approximate surface area is 201 Å². The largest absolute Gasteiger partial charge is 0.273 e. The summed E-state index contributed by atoms with van der Waals surface area (Å²) >= 11 is 1.44. The first kappa shape index (κ1) is 23.6. The minimum absolute atomic E-state index is 0.0443. The summed E-state index contributed by atoms with van der Waals surface area (Å²) in [5, 5.41) is 20.1. The van der Waals surface area contributed by atoms with E-state index in [1.165, 1.54) is 36.0 Å². The maximum absolute atomic E-state index is 12.7. The monoisotopic (exact) mass is 495 g/mol. The Hall–Kier alpha value is -3.54. The second kappa shape index (κ2) is 10.2. The van der Waals surface area contributed by atoms with Crippen molar-refractivity contribution in [1.82, 2.24) is 19.5 Å². The summed E-state index contributed by atoms with van der Waals surface area (Å²) in [6, 6.07) is 22.1. The molecule has 1 heterocycles. The van der Waals surface area contributed by atoms with Gasteiger partial charge in [0.05, 0.1) is 16.4 Å². The van der Waals surface area contributed by atoms with Crippen LogP contribution in [0.25, 0.3) is 5.69 Å². The Bertz CT molecular complexity index is 1410. The van der Waals surface area contributed by atoms with Gasteiger partial charge < -0.3 is 0 Å². The van der Waals surface area contributed by atoms with Gasteiger partial charge in [0.15, 0.2) is 11.0 Å². The highest BCUT2D eigenvalue weighted by molar-refractivity contribution is 7.98. The summed E-state index contributed by atoms with van der Waals surface area (Å²) in [6.45, 7) is 1.91. The average Bonchev–Trinajstić information content (AvgIpc) is 3.25. The molecule has 11 heteroatoms. The minimum Gasteiger partial charge on any atom is -0.273 e. The smallest absolute Gasteiger partial charge is 0.269 e. The van der Waals surface area contributed by atoms with Crippen molar-refractivity contribution >= 4 is 27.5 Å². The van der Waals surface area contributed by atoms with Gasteiger partial charge in [0.1, 0.15) is 0 Å². The highest BCUT2D eigenvalue weighted by Crippen LogP contribution is 2.27. The Kier molecular flexibility index (Phi) is 7.06. The zero-order valence-electron chi connectivity index (χ0n) is 18.2. The summed E-state index contributed by atoms with van der Waals surface area (Å²) in [6.07, 6.45) is 0. The number of thioether (sulfide) groups is 1. The molecule has 1 aromatic heterocycles. The van der Waals surface area contributed by atoms with Gasteiger partial charge in [0.25, 0.3) is 5.69 Å². The fourth-order valence-corrected chi connectivity index (χ4v) is 5.20. The number of nitro groups is 1. The molecule has 3 aromatic carbocycles. The molecule has 0 saturated carbocycles. The summed E-state index contributed by atoms with van der Waals surface area (Å²) in [7, 11) is -3.75. The lowest BCUT2D eigenvalue weighted by Gasteiger charge is -2.11. The third kappa shape index (κ3) is 5.50. The van der Waals surface area contributed by atoms with E-state index in [0.717, 1.165) is 11.1 Å². The van der Waals surface area contributed by atoms with Crippen molar-refractivity contribution in [2.45, 2.75) is 29.3 Å². The van der Waals surface area contributed by atoms with Crippen LogP contribution in [0, 0.1) is 17.0 Å². The quantitative estimate of drug-likeness (QED) is 0.209. The highest BCUT2D eigenvalue weighted by atomic mass is 32.2. The van der Waals surface area contributed by atoms with Crippen molar-refractivity contribution in [2.75, 3.05) is 0 Å². The summed E-state index contributed by atoms with van der Waals surface area (Å²) in [4.78, 5) is 10.7. The van der Waals surface area contributed by atoms with Crippen LogP contribution in [-0.4, -0.2) is 28.1 Å². The molecule has 1 N–H and O–H groups in total. The molecule has 0 aliphatic heterocycles. The van der Waals surface area contributed by atoms with E-state index < -0.39 is 14.9 Å². The molecule has 0 unspecified atom stereocenters. The van der Waals surface area contributed by atoms with E-state index in [1.807, 2.05) is 25.1 Å². The lowest BCUT2D eigenvalue weighted by molar-refractivity contribution is -0.384. The summed E-state index contributed by atoms with van der Waals surface area (Å²) in [5.74, 6) is 0.989. The van der Waals surface area contributed by atoms with Crippen LogP contribution >= 0.6 is 11.8 Å². The van der Waals surface area contributed by atoms with Crippen LogP contribution in [0.4, 0.5) is 5.69 Å². The lowest BCUT2D eigenvalue weighted by Crippen LogP contribution is -2.25. The molecule has 174 valence electrons. The molecule has 0 spiro atoms. The van der Waals surface area contributed by atoms with Crippen molar-refractivity contribution < 1.29 is 13.3 Å². The third-order valence-electron chi connectivity index (χ3n) is 4.94. The van der Waals surface area contributed by atoms with E-state index in [0.29, 0.717) is 22.4 Å². The van der Waals surface area contributed by atoms with Crippen LogP contribution in [0.5, 0.6) is 0 Å². The number of hydrogen-bond acceptors (Lipinski definition) is 7. The van der Waals surface area contributed by atoms with E-state index in [-0.39, 0.29) is 17.1 Å². The Morgan fingerprint density at radius 2 is 1.74 bits per heavy atom. The third-order valence-corrected chi connectivity index (χ3v) is 7.36. The predicted molar refractivity (Wildman–Crippen MR) is 129 cm³/mol. The van der Waals surface area contributed by atoms with Gasteiger partial charge in [0, 0.05) is 23.6 Å². The first-order valence-electron chi connectivity index (χ1n) is 10.3. The van der Waals surface area contributed by atoms with Crippen LogP contribution < -0.4 is 4.72 Å². The fraction of sp³-hybridized carbons (Fsp3) is 0.130. The number of aryl methyl sites for hydroxylation is 1. The molecular formula is C23H21N5O4S2. The number of rotatable bonds is 9. The van der Waals surface area contributed by atoms with Crippen LogP contribution in [-0.2, 0) is 22.3 Å². The Balaban J connectivity index is 1.63. The normalized spacial score (nSPS) is 11.4. The van der Waals surface area contributed by atoms with E-state index in [4.69, 9.17) is 0 Å². The van der Waals surface area contributed by atoms with E-state index in [2.05, 4.69) is 21.0 Å². The van der Waals surface area contributed by atoms with Gasteiger partial charge in [0.2, 0.25) is 10.0 Å². The van der Waals surface area contributed by atoms with E-state index in [1.54, 1.807) is 34.9 Å². The maximum atomic E-state index is 12.7. The fourth-order valence-electron chi connectivity index (χ4n) is 3.28. The first-order valence-corrected chi connectivity index (χ1v) is 12.7. The summed E-state index contributed by atoms with van der Waals surface area (Å²) in [5.41, 5.74) is 2.80. The lowest BCUT2D eigenvalue weighted by atomic mass is 10.2. The molecule has 4 rings (SSSR count). The van der Waals surface area contributed by atoms with Gasteiger partial charge in [-0.05, 0) is 36.8 Å². The van der Waals surface area contributed by atoms with Gasteiger partial charge in [-0.3, -0.25) is 14.7 Å². The molecule has 9 nitrogen and oxygen atoms in total. The molecule has 0 atom stereocenters. The van der Waals surface area contributed by atoms with Crippen molar-refractivity contribution in [2.24, 2.45) is 0 Å². The zero-order valence-corrected chi connectivity index (χ0v) is 19.8. The number of sulfonamides is 1. The molecule has 0 radical (unpaired) electrons. The molecule has 0 amide bonds. The van der Waals surface area contributed by atoms with Crippen molar-refractivity contribution in [3.8, 4) is 5.69 Å². The standard InChI is InChI=1S/C23H21N5O4S2/c1-17-6-5-7-18(14-17)16-33-23-26-25-22(15-24-34(31,32)21-8-3-2-4-9-21)27(23)19-10-12-20(13-11-19)28(29)30/h2-14,24H,15-16H2,1H3. The molecule has 34 heavy (non-hydrogen) atoms. The Morgan fingerprint density at radius 3 is 2.41 bits per heavy atom. The molecule has 0 aliphatic rings. The van der Waals surface area contributed by atoms with Crippen LogP contribution in [0.3, 0.4) is 0 Å². The highest BCUT2D eigenvalue weighted by Gasteiger charge is 2.19. The zero-order chi connectivity index (χ0) is 24.1. The average molecular weight is 496 g/mol. The van der Waals surface area contributed by atoms with Crippen molar-refractivity contribution in [3.63, 3.8) is 0 Å². The van der Waals surface area contributed by atoms with Gasteiger partial charge in [-0.25, -0.2) is 13.1 Å².